The fourth-order valence-corrected chi connectivity index (χ4v) is 7.33. The number of halogens is 2. The average Bonchev–Trinajstić information content (AvgIpc) is 3.25. The minimum absolute atomic E-state index is 0.0179. The van der Waals surface area contributed by atoms with Gasteiger partial charge in [0, 0.05) is 80.6 Å². The first kappa shape index (κ1) is 38.6. The minimum Gasteiger partial charge on any atom is -0.504 e. The Labute approximate surface area is 336 Å². The van der Waals surface area contributed by atoms with Crippen LogP contribution in [0, 0.1) is 11.6 Å². The van der Waals surface area contributed by atoms with Crippen molar-refractivity contribution in [3.05, 3.63) is 195 Å². The van der Waals surface area contributed by atoms with Crippen LogP contribution in [-0.2, 0) is 39.3 Å². The van der Waals surface area contributed by atoms with Crippen molar-refractivity contribution in [1.29, 1.82) is 0 Å². The molecule has 0 spiro atoms. The van der Waals surface area contributed by atoms with Crippen molar-refractivity contribution in [3.63, 3.8) is 0 Å². The Morgan fingerprint density at radius 3 is 1.54 bits per heavy atom. The highest BCUT2D eigenvalue weighted by Crippen LogP contribution is 2.46. The van der Waals surface area contributed by atoms with E-state index in [9.17, 15) is 19.8 Å². The van der Waals surface area contributed by atoms with E-state index in [2.05, 4.69) is 19.9 Å². The van der Waals surface area contributed by atoms with Crippen LogP contribution in [0.2, 0.25) is 0 Å². The van der Waals surface area contributed by atoms with Crippen LogP contribution in [0.1, 0.15) is 44.3 Å². The molecule has 1 aliphatic heterocycles. The van der Waals surface area contributed by atoms with E-state index in [-0.39, 0.29) is 89.4 Å². The molecule has 2 N–H and O–H groups in total. The predicted molar refractivity (Wildman–Crippen MR) is 216 cm³/mol. The van der Waals surface area contributed by atoms with Crippen LogP contribution in [0.4, 0.5) is 8.78 Å². The summed E-state index contributed by atoms with van der Waals surface area (Å²) < 4.78 is 39.0. The van der Waals surface area contributed by atoms with E-state index in [1.54, 1.807) is 61.2 Å². The Hall–Kier alpha value is -7.22. The SMILES string of the molecule is O=C(O)c1ccccc1-c1c2cc(F)c(=O)c(CN(Cc3ccccn3)Cc3ccccn3)c-2oc2c(CN(Cc3ccccn3)Cc3ccccn3)c(O)c(F)cc12. The van der Waals surface area contributed by atoms with Crippen LogP contribution in [-0.4, -0.2) is 45.9 Å². The summed E-state index contributed by atoms with van der Waals surface area (Å²) in [7, 11) is 0. The summed E-state index contributed by atoms with van der Waals surface area (Å²) in [4.78, 5) is 48.5. The quantitative estimate of drug-likeness (QED) is 0.103. The van der Waals surface area contributed by atoms with Crippen molar-refractivity contribution in [3.8, 4) is 28.2 Å². The third-order valence-corrected chi connectivity index (χ3v) is 9.96. The van der Waals surface area contributed by atoms with Crippen LogP contribution >= 0.6 is 0 Å². The smallest absolute Gasteiger partial charge is 0.336 e. The molecule has 4 aromatic heterocycles. The van der Waals surface area contributed by atoms with Gasteiger partial charge in [0.25, 0.3) is 0 Å². The van der Waals surface area contributed by atoms with Gasteiger partial charge in [-0.25, -0.2) is 13.6 Å². The summed E-state index contributed by atoms with van der Waals surface area (Å²) in [5.41, 5.74) is 1.86. The van der Waals surface area contributed by atoms with E-state index in [4.69, 9.17) is 4.42 Å². The average molecular weight is 791 g/mol. The zero-order chi connectivity index (χ0) is 40.9. The molecular weight excluding hydrogens is 755 g/mol. The van der Waals surface area contributed by atoms with Gasteiger partial charge in [0.05, 0.1) is 39.5 Å². The largest absolute Gasteiger partial charge is 0.504 e. The number of hydrogen-bond donors (Lipinski definition) is 2. The maximum absolute atomic E-state index is 16.2. The number of carbonyl (C=O) groups is 1. The Bertz CT molecular complexity index is 2690. The van der Waals surface area contributed by atoms with Gasteiger partial charge >= 0.3 is 5.97 Å². The van der Waals surface area contributed by atoms with Gasteiger partial charge in [0.1, 0.15) is 11.3 Å². The normalized spacial score (nSPS) is 11.5. The van der Waals surface area contributed by atoms with Gasteiger partial charge in [0.15, 0.2) is 17.4 Å². The number of aromatic nitrogens is 4. The van der Waals surface area contributed by atoms with Gasteiger partial charge in [-0.1, -0.05) is 42.5 Å². The summed E-state index contributed by atoms with van der Waals surface area (Å²) >= 11 is 0. The van der Waals surface area contributed by atoms with Gasteiger partial charge in [-0.2, -0.15) is 0 Å². The Balaban J connectivity index is 1.37. The molecule has 0 atom stereocenters. The van der Waals surface area contributed by atoms with Crippen LogP contribution in [0.3, 0.4) is 0 Å². The van der Waals surface area contributed by atoms with Crippen molar-refractivity contribution < 1.29 is 28.2 Å². The third kappa shape index (κ3) is 8.42. The number of carboxylic acid groups (broad SMARTS) is 1. The van der Waals surface area contributed by atoms with Gasteiger partial charge in [0.2, 0.25) is 5.43 Å². The molecule has 0 amide bonds. The number of nitrogens with zero attached hydrogens (tertiary/aromatic N) is 6. The first-order valence-corrected chi connectivity index (χ1v) is 18.7. The highest BCUT2D eigenvalue weighted by molar-refractivity contribution is 6.08. The first-order valence-electron chi connectivity index (χ1n) is 18.7. The lowest BCUT2D eigenvalue weighted by Crippen LogP contribution is -2.28. The van der Waals surface area contributed by atoms with Crippen molar-refractivity contribution in [2.24, 2.45) is 0 Å². The molecule has 59 heavy (non-hydrogen) atoms. The molecule has 13 heteroatoms. The standard InChI is InChI=1S/C46H36F2N6O5/c47-39-21-35-41(33-15-1-2-16-34(33)46(57)58)36-22-40(48)43(56)38(28-54(25-31-13-5-9-19-51-31)26-32-14-6-10-20-52-32)45(36)59-44(35)37(42(39)55)27-53(23-29-11-3-7-17-49-29)24-30-12-4-8-18-50-30/h1-22,55H,23-28H2,(H,57,58). The Kier molecular flexibility index (Phi) is 11.2. The van der Waals surface area contributed by atoms with E-state index in [0.29, 0.717) is 22.8 Å². The number of hydrogen-bond acceptors (Lipinski definition) is 10. The number of pyridine rings is 4. The van der Waals surface area contributed by atoms with Crippen molar-refractivity contribution in [2.45, 2.75) is 39.3 Å². The van der Waals surface area contributed by atoms with Gasteiger partial charge in [-0.05, 0) is 72.3 Å². The van der Waals surface area contributed by atoms with Crippen molar-refractivity contribution >= 4 is 16.9 Å². The van der Waals surface area contributed by atoms with Crippen LogP contribution in [0.25, 0.3) is 33.4 Å². The number of aromatic hydroxyl groups is 1. The second kappa shape index (κ2) is 17.1. The molecule has 294 valence electrons. The number of fused-ring (bicyclic) bond motifs is 2. The number of aromatic carboxylic acids is 1. The molecule has 2 aliphatic rings. The lowest BCUT2D eigenvalue weighted by Gasteiger charge is -2.26. The topological polar surface area (TPSA) is 146 Å². The molecule has 0 saturated heterocycles. The van der Waals surface area contributed by atoms with Gasteiger partial charge < -0.3 is 14.6 Å². The number of benzene rings is 3. The van der Waals surface area contributed by atoms with Crippen molar-refractivity contribution in [1.82, 2.24) is 29.7 Å². The number of carboxylic acids is 1. The summed E-state index contributed by atoms with van der Waals surface area (Å²) in [6.45, 7) is 0.745. The Morgan fingerprint density at radius 1 is 0.593 bits per heavy atom. The second-order valence-corrected chi connectivity index (χ2v) is 14.0. The molecule has 0 unspecified atom stereocenters. The fourth-order valence-electron chi connectivity index (χ4n) is 7.33. The molecule has 0 fully saturated rings. The lowest BCUT2D eigenvalue weighted by molar-refractivity contribution is 0.0697. The predicted octanol–water partition coefficient (Wildman–Crippen LogP) is 8.23. The van der Waals surface area contributed by atoms with E-state index in [0.717, 1.165) is 12.1 Å². The molecule has 1 aliphatic carbocycles. The molecule has 0 saturated carbocycles. The third-order valence-electron chi connectivity index (χ3n) is 9.96. The molecule has 0 radical (unpaired) electrons. The molecule has 5 heterocycles. The maximum atomic E-state index is 16.2. The monoisotopic (exact) mass is 790 g/mol. The van der Waals surface area contributed by atoms with Crippen LogP contribution in [0.5, 0.6) is 5.75 Å². The fraction of sp³-hybridized carbons (Fsp3) is 0.130. The molecule has 11 nitrogen and oxygen atoms in total. The highest BCUT2D eigenvalue weighted by atomic mass is 19.1. The summed E-state index contributed by atoms with van der Waals surface area (Å²) in [6.07, 6.45) is 6.61. The zero-order valence-electron chi connectivity index (χ0n) is 31.5. The molecular formula is C46H36F2N6O5. The molecule has 6 aromatic rings. The maximum Gasteiger partial charge on any atom is 0.336 e. The molecule has 8 rings (SSSR count). The summed E-state index contributed by atoms with van der Waals surface area (Å²) in [6, 6.07) is 30.0. The van der Waals surface area contributed by atoms with Gasteiger partial charge in [-0.3, -0.25) is 34.5 Å². The van der Waals surface area contributed by atoms with E-state index in [1.165, 1.54) is 12.1 Å². The second-order valence-electron chi connectivity index (χ2n) is 14.0. The van der Waals surface area contributed by atoms with Crippen LogP contribution in [0.15, 0.2) is 143 Å². The van der Waals surface area contributed by atoms with E-state index in [1.807, 2.05) is 58.3 Å². The van der Waals surface area contributed by atoms with E-state index < -0.39 is 28.8 Å². The molecule has 2 aromatic carbocycles. The zero-order valence-corrected chi connectivity index (χ0v) is 31.5. The van der Waals surface area contributed by atoms with Crippen LogP contribution < -0.4 is 5.43 Å². The number of phenolic OH excluding ortho intramolecular Hbond substituents is 1. The molecule has 0 bridgehead atoms. The first-order chi connectivity index (χ1) is 28.7. The summed E-state index contributed by atoms with van der Waals surface area (Å²) in [5, 5.41) is 22.0. The van der Waals surface area contributed by atoms with E-state index >= 15 is 8.78 Å². The minimum atomic E-state index is -1.28. The Morgan fingerprint density at radius 2 is 1.07 bits per heavy atom. The van der Waals surface area contributed by atoms with Crippen molar-refractivity contribution in [2.75, 3.05) is 0 Å². The number of phenols is 1. The summed E-state index contributed by atoms with van der Waals surface area (Å²) in [5.74, 6) is -4.16. The number of rotatable bonds is 14. The highest BCUT2D eigenvalue weighted by Gasteiger charge is 2.31. The van der Waals surface area contributed by atoms with Gasteiger partial charge in [-0.15, -0.1) is 0 Å². The lowest BCUT2D eigenvalue weighted by atomic mass is 9.88.